The van der Waals surface area contributed by atoms with Crippen LogP contribution in [0.4, 0.5) is 23.5 Å². The van der Waals surface area contributed by atoms with E-state index in [9.17, 15) is 63.1 Å². The fourth-order valence-electron chi connectivity index (χ4n) is 16.1. The Balaban J connectivity index is 0.707. The molecule has 0 spiro atoms. The first-order valence-corrected chi connectivity index (χ1v) is 55.6. The van der Waals surface area contributed by atoms with Crippen molar-refractivity contribution in [3.05, 3.63) is 133 Å². The second-order valence-corrected chi connectivity index (χ2v) is 46.3. The molecule has 15 heterocycles. The van der Waals surface area contributed by atoms with Crippen molar-refractivity contribution in [2.75, 3.05) is 137 Å². The van der Waals surface area contributed by atoms with Gasteiger partial charge < -0.3 is 150 Å². The summed E-state index contributed by atoms with van der Waals surface area (Å²) in [5.41, 5.74) is 18.6. The first-order chi connectivity index (χ1) is 66.9. The van der Waals surface area contributed by atoms with Gasteiger partial charge in [-0.15, -0.1) is 0 Å². The van der Waals surface area contributed by atoms with E-state index in [1.165, 1.54) is 89.7 Å². The molecule has 6 saturated heterocycles. The number of nitrogen functional groups attached to an aromatic ring is 4. The van der Waals surface area contributed by atoms with Gasteiger partial charge in [0, 0.05) is 76.6 Å². The number of methoxy groups -OCH3 is 4. The van der Waals surface area contributed by atoms with E-state index in [0.717, 1.165) is 26.2 Å². The molecule has 0 amide bonds. The van der Waals surface area contributed by atoms with Crippen LogP contribution in [-0.4, -0.2) is 329 Å². The quantitative estimate of drug-likeness (QED) is 0.0138. The third kappa shape index (κ3) is 25.1. The van der Waals surface area contributed by atoms with Crippen LogP contribution in [0.25, 0.3) is 33.5 Å². The van der Waals surface area contributed by atoms with Crippen LogP contribution in [0.1, 0.15) is 73.8 Å². The number of nitrogens with one attached hydrogen (secondary N) is 4. The molecule has 0 bridgehead atoms. The van der Waals surface area contributed by atoms with Crippen LogP contribution < -0.4 is 62.2 Å². The molecule has 9 aromatic heterocycles. The van der Waals surface area contributed by atoms with E-state index in [1.54, 1.807) is 11.5 Å². The molecule has 0 saturated carbocycles. The Kier molecular flexibility index (Phi) is 34.9. The van der Waals surface area contributed by atoms with E-state index >= 15 is 0 Å². The van der Waals surface area contributed by atoms with Crippen LogP contribution in [0.3, 0.4) is 0 Å². The molecule has 776 valence electrons. The number of nitrogens with zero attached hydrogens (tertiary/aromatic N) is 14. The van der Waals surface area contributed by atoms with Crippen molar-refractivity contribution in [3.63, 3.8) is 0 Å². The number of ether oxygens (including phenoxy) is 14. The molecule has 6 aliphatic heterocycles. The third-order valence-corrected chi connectivity index (χ3v) is 30.7. The molecule has 0 aromatic carbocycles. The SMILES string of the molecule is COCCOC1[C@@H](O)[C@@H](COP(O)(=S)O[C@@H]2C(OCCOC)[C@H](n3cc(C)c(N)nc3=O)O[C@@H]2COP(O)(=S)O[C@@H]2C(OCCOC)[C@H](n3cc(C)c(=O)[nH]c3=O)O[C@@H]2COP(O)(=S)O[C@@H]2C(OCCOC)[C@H](n3cnc4c(=O)[nH]c(N)nc43)O[C@@H]2COP(O)(=S)O[C@@H]2C[C@H](n3cnc4c(=O)[nH]c(N)nc43)O[C@@H]2COP(O)(=S)O[C@@H]2C[C@H](n3cnc4c(N)ncnc43)O[C@@H]2C)O[C@H]1n1cc(C)c(=O)[nH]c1=O. The van der Waals surface area contributed by atoms with E-state index in [4.69, 9.17) is 194 Å². The largest absolute Gasteiger partial charge is 0.387 e. The van der Waals surface area contributed by atoms with Crippen molar-refractivity contribution < 1.29 is 141 Å². The lowest BCUT2D eigenvalue weighted by molar-refractivity contribution is -0.0840. The van der Waals surface area contributed by atoms with Gasteiger partial charge in [-0.3, -0.25) is 80.1 Å². The van der Waals surface area contributed by atoms with Crippen LogP contribution >= 0.6 is 33.6 Å². The second kappa shape index (κ2) is 45.6. The predicted octanol–water partition coefficient (Wildman–Crippen LogP) is -2.53. The summed E-state index contributed by atoms with van der Waals surface area (Å²) in [6.45, 7) is -23.7. The van der Waals surface area contributed by atoms with Crippen molar-refractivity contribution >= 4 is 150 Å². The Morgan fingerprint density at radius 2 is 0.759 bits per heavy atom. The fourth-order valence-corrected chi connectivity index (χ4v) is 23.4. The molecule has 9 unspecified atom stereocenters. The Hall–Kier alpha value is -7.26. The van der Waals surface area contributed by atoms with Crippen molar-refractivity contribution in [1.82, 2.24) is 87.2 Å². The number of nitrogens with two attached hydrogens (primary N) is 4. The maximum absolute atomic E-state index is 14.1. The highest BCUT2D eigenvalue weighted by Gasteiger charge is 2.57. The van der Waals surface area contributed by atoms with Crippen LogP contribution in [-0.2, 0) is 171 Å². The number of H-pyrrole nitrogens is 4. The number of anilines is 4. The first kappa shape index (κ1) is 108. The molecule has 6 fully saturated rings. The van der Waals surface area contributed by atoms with Crippen LogP contribution in [0, 0.1) is 20.8 Å². The summed E-state index contributed by atoms with van der Waals surface area (Å²) in [5, 5.41) is 11.8. The van der Waals surface area contributed by atoms with Crippen molar-refractivity contribution in [3.8, 4) is 0 Å². The summed E-state index contributed by atoms with van der Waals surface area (Å²) in [6.07, 6.45) is -23.9. The number of aromatic amines is 4. The van der Waals surface area contributed by atoms with Gasteiger partial charge in [0.25, 0.3) is 22.2 Å². The number of aryl methyl sites for hydroxylation is 3. The highest BCUT2D eigenvalue weighted by atomic mass is 32.5. The molecule has 0 radical (unpaired) electrons. The lowest BCUT2D eigenvalue weighted by atomic mass is 10.1. The van der Waals surface area contributed by atoms with E-state index in [-0.39, 0.29) is 128 Å². The molecule has 27 atom stereocenters. The monoisotopic (exact) mass is 2180 g/mol. The Morgan fingerprint density at radius 3 is 1.23 bits per heavy atom. The smallest absolute Gasteiger partial charge is 0.351 e. The van der Waals surface area contributed by atoms with E-state index in [0.29, 0.717) is 11.2 Å². The standard InChI is InChI=1S/C72H101N22O37P5S5/c1-31-19-89(70(100)82-55(31)73)65-52(113-14-10-109-6)48(129-134(105,139)117-23-38-47(95)51(112-13-9-108-5)64(123-38)90-20-32(2)60(96)87-71(90)101)39(124-65)25-119-135(106,140)130-49-40(125-66(53(49)114-15-11-110-7)91-21-33(3)61(97)88-72(91)102)26-120-136(107,141)131-50-41(126-67(54(50)115-16-12-111-8)94-30-81-46-59(94)84-69(76)86-63(46)99)24-118-133(104,138)128-36-18-43(93-29-80-45-58(93)83-68(75)85-62(45)98)122-37(36)22-116-132(103,137)127-35-17-42(121-34(35)4)92-28-79-44-56(74)77-27-78-57(44)92/h19-21,27-30,34-43,47-54,64-67,95H,9-18,22-26H2,1-8H3,(H,103,137)(H,104,138)(H,105,139)(H,106,140)(H,107,141)(H2,73,82,100)(H2,74,77,78)(H,87,96,101)(H,88,97,102)(H3,75,83,85,98)(H3,76,84,86,99)/t34-,35-,36-,37-,38-,39-,40-,41-,42-,43-,47+,48+,49+,50+,51?,52?,53?,54?,64-,65-,66-,67-,132?,133?,134?,135?,136?/m1/s1. The lowest BCUT2D eigenvalue weighted by Gasteiger charge is -2.31. The number of imidazole rings is 3. The molecule has 69 heteroatoms. The first-order valence-electron chi connectivity index (χ1n) is 42.6. The zero-order chi connectivity index (χ0) is 101. The highest BCUT2D eigenvalue weighted by Crippen LogP contribution is 2.58. The summed E-state index contributed by atoms with van der Waals surface area (Å²) in [6, 6.07) is 0. The molecule has 9 aromatic rings. The van der Waals surface area contributed by atoms with Crippen LogP contribution in [0.5, 0.6) is 0 Å². The molecule has 6 aliphatic rings. The molecular weight excluding hydrogens is 2080 g/mol. The maximum Gasteiger partial charge on any atom is 0.351 e. The van der Waals surface area contributed by atoms with Crippen molar-refractivity contribution in [2.24, 2.45) is 0 Å². The number of aliphatic hydroxyl groups excluding tert-OH is 1. The topological polar surface area (TPSA) is 762 Å². The lowest BCUT2D eigenvalue weighted by Crippen LogP contribution is -2.42. The third-order valence-electron chi connectivity index (χ3n) is 22.9. The fraction of sp³-hybridized carbons (Fsp3) is 0.625. The summed E-state index contributed by atoms with van der Waals surface area (Å²) in [4.78, 5) is 198. The normalized spacial score (nSPS) is 29.2. The van der Waals surface area contributed by atoms with Crippen LogP contribution in [0.2, 0.25) is 0 Å². The number of hydrogen-bond donors (Lipinski definition) is 14. The number of rotatable bonds is 47. The maximum atomic E-state index is 14.1. The molecular formula is C72H101N22O37P5S5. The average molecular weight is 2180 g/mol. The van der Waals surface area contributed by atoms with E-state index < -0.39 is 241 Å². The van der Waals surface area contributed by atoms with Gasteiger partial charge in [-0.1, -0.05) is 0 Å². The molecule has 15 rings (SSSR count). The van der Waals surface area contributed by atoms with E-state index in [1.807, 2.05) is 0 Å². The minimum absolute atomic E-state index is 0.0242. The summed E-state index contributed by atoms with van der Waals surface area (Å²) in [5.74, 6) is -0.704. The second-order valence-electron chi connectivity index (χ2n) is 32.4. The van der Waals surface area contributed by atoms with Gasteiger partial charge in [0.05, 0.1) is 123 Å². The minimum Gasteiger partial charge on any atom is -0.387 e. The van der Waals surface area contributed by atoms with Gasteiger partial charge in [0.15, 0.2) is 58.7 Å². The van der Waals surface area contributed by atoms with Gasteiger partial charge in [-0.2, -0.15) is 15.0 Å². The number of aromatic nitrogens is 18. The van der Waals surface area contributed by atoms with Gasteiger partial charge in [0.2, 0.25) is 11.9 Å². The Bertz CT molecular complexity index is 6700. The number of aliphatic hydroxyl groups is 1. The molecule has 0 aliphatic carbocycles. The van der Waals surface area contributed by atoms with Crippen LogP contribution in [0.15, 0.2) is 77.5 Å². The average Bonchev–Trinajstić information content (AvgIpc) is 1.61. The van der Waals surface area contributed by atoms with Gasteiger partial charge in [-0.25, -0.2) is 39.3 Å². The Morgan fingerprint density at radius 1 is 0.390 bits per heavy atom. The summed E-state index contributed by atoms with van der Waals surface area (Å²) in [7, 11) is 5.44. The van der Waals surface area contributed by atoms with Crippen molar-refractivity contribution in [2.45, 2.75) is 176 Å². The molecule has 141 heavy (non-hydrogen) atoms. The van der Waals surface area contributed by atoms with Gasteiger partial charge in [0.1, 0.15) is 109 Å². The van der Waals surface area contributed by atoms with E-state index in [2.05, 4.69) is 59.8 Å². The zero-order valence-corrected chi connectivity index (χ0v) is 84.1. The summed E-state index contributed by atoms with van der Waals surface area (Å²) >= 11 is 28.7. The van der Waals surface area contributed by atoms with Crippen molar-refractivity contribution in [1.29, 1.82) is 0 Å². The van der Waals surface area contributed by atoms with Gasteiger partial charge >= 0.3 is 50.7 Å². The molecule has 59 nitrogen and oxygen atoms in total. The van der Waals surface area contributed by atoms with Gasteiger partial charge in [-0.05, 0) is 86.7 Å². The highest BCUT2D eigenvalue weighted by molar-refractivity contribution is 8.08. The Labute approximate surface area is 819 Å². The summed E-state index contributed by atoms with van der Waals surface area (Å²) < 4.78 is 154. The molecule has 18 N–H and O–H groups in total. The number of fused-ring (bicyclic) bond motifs is 3. The minimum atomic E-state index is -5.04. The predicted molar refractivity (Wildman–Crippen MR) is 502 cm³/mol. The number of hydrogen-bond acceptors (Lipinski definition) is 49. The zero-order valence-electron chi connectivity index (χ0n) is 75.5.